The highest BCUT2D eigenvalue weighted by molar-refractivity contribution is 9.10. The Hall–Kier alpha value is -1.66. The first-order valence-corrected chi connectivity index (χ1v) is 9.51. The van der Waals surface area contributed by atoms with Gasteiger partial charge in [-0.2, -0.15) is 0 Å². The highest BCUT2D eigenvalue weighted by Crippen LogP contribution is 2.17. The van der Waals surface area contributed by atoms with E-state index in [-0.39, 0.29) is 13.2 Å². The summed E-state index contributed by atoms with van der Waals surface area (Å²) in [6, 6.07) is 14.4. The van der Waals surface area contributed by atoms with E-state index in [4.69, 9.17) is 9.47 Å². The first kappa shape index (κ1) is 17.7. The van der Waals surface area contributed by atoms with Crippen LogP contribution in [0.2, 0.25) is 0 Å². The number of carbonyl (C=O) groups excluding carboxylic acids is 1. The van der Waals surface area contributed by atoms with Gasteiger partial charge in [0.2, 0.25) is 0 Å². The summed E-state index contributed by atoms with van der Waals surface area (Å²) in [6.07, 6.45) is 1.63. The lowest BCUT2D eigenvalue weighted by Crippen LogP contribution is -2.12. The highest BCUT2D eigenvalue weighted by Gasteiger charge is 2.08. The van der Waals surface area contributed by atoms with Gasteiger partial charge in [0, 0.05) is 27.3 Å². The first-order chi connectivity index (χ1) is 11.0. The number of esters is 1. The summed E-state index contributed by atoms with van der Waals surface area (Å²) >= 11 is 3.36. The quantitative estimate of drug-likeness (QED) is 0.530. The van der Waals surface area contributed by atoms with Crippen LogP contribution in [0.4, 0.5) is 0 Å². The van der Waals surface area contributed by atoms with Crippen LogP contribution in [0.1, 0.15) is 15.9 Å². The lowest BCUT2D eigenvalue weighted by molar-refractivity contribution is 0.0450. The fourth-order valence-corrected chi connectivity index (χ4v) is 2.98. The fraction of sp³-hybridized carbons (Fsp3) is 0.235. The van der Waals surface area contributed by atoms with Gasteiger partial charge in [-0.05, 0) is 35.9 Å². The van der Waals surface area contributed by atoms with Gasteiger partial charge in [0.25, 0.3) is 0 Å². The minimum atomic E-state index is -0.944. The molecule has 0 bridgehead atoms. The van der Waals surface area contributed by atoms with Crippen molar-refractivity contribution in [2.75, 3.05) is 19.5 Å². The SMILES string of the molecule is CS(=O)Cc1cccc(C(=O)OCCOc2cccc(Br)c2)c1. The van der Waals surface area contributed by atoms with Crippen molar-refractivity contribution >= 4 is 32.7 Å². The molecule has 0 aliphatic rings. The second-order valence-corrected chi connectivity index (χ2v) is 7.21. The van der Waals surface area contributed by atoms with Crippen LogP contribution in [0.3, 0.4) is 0 Å². The summed E-state index contributed by atoms with van der Waals surface area (Å²) in [5.41, 5.74) is 1.31. The molecule has 0 aromatic heterocycles. The van der Waals surface area contributed by atoms with E-state index in [2.05, 4.69) is 15.9 Å². The van der Waals surface area contributed by atoms with Gasteiger partial charge < -0.3 is 9.47 Å². The molecule has 6 heteroatoms. The highest BCUT2D eigenvalue weighted by atomic mass is 79.9. The molecule has 2 aromatic rings. The molecule has 0 aliphatic heterocycles. The van der Waals surface area contributed by atoms with Gasteiger partial charge in [-0.3, -0.25) is 4.21 Å². The minimum Gasteiger partial charge on any atom is -0.490 e. The molecule has 0 saturated heterocycles. The lowest BCUT2D eigenvalue weighted by atomic mass is 10.1. The van der Waals surface area contributed by atoms with Crippen molar-refractivity contribution in [1.82, 2.24) is 0 Å². The Morgan fingerprint density at radius 3 is 2.65 bits per heavy atom. The molecule has 1 atom stereocenters. The number of hydrogen-bond acceptors (Lipinski definition) is 4. The van der Waals surface area contributed by atoms with Crippen molar-refractivity contribution in [1.29, 1.82) is 0 Å². The van der Waals surface area contributed by atoms with Crippen LogP contribution in [0.25, 0.3) is 0 Å². The van der Waals surface area contributed by atoms with Crippen LogP contribution in [0, 0.1) is 0 Å². The maximum absolute atomic E-state index is 12.0. The standard InChI is InChI=1S/C17H17BrO4S/c1-23(20)12-13-4-2-5-14(10-13)17(19)22-9-8-21-16-7-3-6-15(18)11-16/h2-7,10-11H,8-9,12H2,1H3. The Morgan fingerprint density at radius 2 is 1.91 bits per heavy atom. The molecule has 2 aromatic carbocycles. The van der Waals surface area contributed by atoms with Crippen LogP contribution in [-0.2, 0) is 21.3 Å². The van der Waals surface area contributed by atoms with E-state index in [9.17, 15) is 9.00 Å². The van der Waals surface area contributed by atoms with Gasteiger partial charge >= 0.3 is 5.97 Å². The van der Waals surface area contributed by atoms with Crippen molar-refractivity contribution in [3.05, 3.63) is 64.1 Å². The Balaban J connectivity index is 1.81. The van der Waals surface area contributed by atoms with E-state index in [0.717, 1.165) is 10.0 Å². The van der Waals surface area contributed by atoms with Crippen LogP contribution in [0.5, 0.6) is 5.75 Å². The predicted molar refractivity (Wildman–Crippen MR) is 94.1 cm³/mol. The monoisotopic (exact) mass is 396 g/mol. The molecule has 0 amide bonds. The number of carbonyl (C=O) groups is 1. The molecule has 4 nitrogen and oxygen atoms in total. The Kier molecular flexibility index (Phi) is 6.80. The molecule has 0 N–H and O–H groups in total. The average molecular weight is 397 g/mol. The zero-order valence-corrected chi connectivity index (χ0v) is 15.1. The molecule has 0 aliphatic carbocycles. The predicted octanol–water partition coefficient (Wildman–Crippen LogP) is 3.56. The van der Waals surface area contributed by atoms with Gasteiger partial charge in [-0.15, -0.1) is 0 Å². The number of ether oxygens (including phenoxy) is 2. The van der Waals surface area contributed by atoms with Gasteiger partial charge in [0.05, 0.1) is 5.56 Å². The van der Waals surface area contributed by atoms with E-state index >= 15 is 0 Å². The Bertz CT molecular complexity index is 702. The Labute approximate surface area is 146 Å². The van der Waals surface area contributed by atoms with E-state index in [1.54, 1.807) is 24.5 Å². The lowest BCUT2D eigenvalue weighted by Gasteiger charge is -2.08. The minimum absolute atomic E-state index is 0.162. The van der Waals surface area contributed by atoms with Crippen LogP contribution >= 0.6 is 15.9 Å². The van der Waals surface area contributed by atoms with Gasteiger partial charge in [0.1, 0.15) is 19.0 Å². The molecular weight excluding hydrogens is 380 g/mol. The number of hydrogen-bond donors (Lipinski definition) is 0. The third kappa shape index (κ3) is 6.15. The number of halogens is 1. The third-order valence-electron chi connectivity index (χ3n) is 2.91. The molecule has 0 saturated carbocycles. The van der Waals surface area contributed by atoms with Crippen LogP contribution in [0.15, 0.2) is 53.0 Å². The van der Waals surface area contributed by atoms with Gasteiger partial charge in [0.15, 0.2) is 0 Å². The molecule has 23 heavy (non-hydrogen) atoms. The summed E-state index contributed by atoms with van der Waals surface area (Å²) in [4.78, 5) is 12.0. The largest absolute Gasteiger partial charge is 0.490 e. The fourth-order valence-electron chi connectivity index (χ4n) is 1.96. The Morgan fingerprint density at radius 1 is 1.13 bits per heavy atom. The molecule has 122 valence electrons. The normalized spacial score (nSPS) is 11.7. The summed E-state index contributed by atoms with van der Waals surface area (Å²) in [6.45, 7) is 0.441. The van der Waals surface area contributed by atoms with E-state index < -0.39 is 16.8 Å². The molecular formula is C17H17BrO4S. The second kappa shape index (κ2) is 8.84. The topological polar surface area (TPSA) is 52.6 Å². The second-order valence-electron chi connectivity index (χ2n) is 4.86. The molecule has 0 fully saturated rings. The van der Waals surface area contributed by atoms with Gasteiger partial charge in [-0.25, -0.2) is 4.79 Å². The van der Waals surface area contributed by atoms with Crippen LogP contribution < -0.4 is 4.74 Å². The summed E-state index contributed by atoms with van der Waals surface area (Å²) in [7, 11) is -0.944. The molecule has 0 radical (unpaired) electrons. The zero-order chi connectivity index (χ0) is 16.7. The summed E-state index contributed by atoms with van der Waals surface area (Å²) in [5.74, 6) is 0.724. The first-order valence-electron chi connectivity index (χ1n) is 6.99. The van der Waals surface area contributed by atoms with Crippen molar-refractivity contribution in [2.24, 2.45) is 0 Å². The van der Waals surface area contributed by atoms with E-state index in [0.29, 0.717) is 17.1 Å². The van der Waals surface area contributed by atoms with Crippen molar-refractivity contribution in [2.45, 2.75) is 5.75 Å². The third-order valence-corrected chi connectivity index (χ3v) is 4.15. The number of rotatable bonds is 7. The van der Waals surface area contributed by atoms with E-state index in [1.807, 2.05) is 30.3 Å². The maximum Gasteiger partial charge on any atom is 0.338 e. The molecule has 1 unspecified atom stereocenters. The molecule has 2 rings (SSSR count). The van der Waals surface area contributed by atoms with Gasteiger partial charge in [-0.1, -0.05) is 34.1 Å². The number of benzene rings is 2. The van der Waals surface area contributed by atoms with Crippen LogP contribution in [-0.4, -0.2) is 29.6 Å². The summed E-state index contributed by atoms with van der Waals surface area (Å²) in [5, 5.41) is 0. The van der Waals surface area contributed by atoms with Crippen molar-refractivity contribution in [3.8, 4) is 5.75 Å². The smallest absolute Gasteiger partial charge is 0.338 e. The van der Waals surface area contributed by atoms with Crippen molar-refractivity contribution in [3.63, 3.8) is 0 Å². The average Bonchev–Trinajstić information content (AvgIpc) is 2.51. The zero-order valence-electron chi connectivity index (χ0n) is 12.7. The van der Waals surface area contributed by atoms with E-state index in [1.165, 1.54) is 0 Å². The molecule has 0 heterocycles. The summed E-state index contributed by atoms with van der Waals surface area (Å²) < 4.78 is 22.9. The molecule has 0 spiro atoms. The maximum atomic E-state index is 12.0. The van der Waals surface area contributed by atoms with Crippen molar-refractivity contribution < 1.29 is 18.5 Å².